The molecule has 4 nitrogen and oxygen atoms in total. The van der Waals surface area contributed by atoms with E-state index in [1.807, 2.05) is 6.20 Å². The topological polar surface area (TPSA) is 41.1 Å². The van der Waals surface area contributed by atoms with Crippen LogP contribution in [0, 0.1) is 0 Å². The number of hydrogen-bond acceptors (Lipinski definition) is 3. The van der Waals surface area contributed by atoms with Crippen LogP contribution < -0.4 is 4.74 Å². The third-order valence-electron chi connectivity index (χ3n) is 5.83. The lowest BCUT2D eigenvalue weighted by molar-refractivity contribution is 0.281. The molecular formula is C27H33N3O. The van der Waals surface area contributed by atoms with Gasteiger partial charge in [-0.15, -0.1) is 0 Å². The van der Waals surface area contributed by atoms with E-state index >= 15 is 0 Å². The van der Waals surface area contributed by atoms with Crippen molar-refractivity contribution in [2.75, 3.05) is 27.2 Å². The third-order valence-corrected chi connectivity index (χ3v) is 5.83. The summed E-state index contributed by atoms with van der Waals surface area (Å²) < 4.78 is 5.89. The molecule has 31 heavy (non-hydrogen) atoms. The van der Waals surface area contributed by atoms with E-state index in [0.29, 0.717) is 0 Å². The molecule has 1 N–H and O–H groups in total. The van der Waals surface area contributed by atoms with Crippen LogP contribution >= 0.6 is 0 Å². The quantitative estimate of drug-likeness (QED) is 0.303. The number of fused-ring (bicyclic) bond motifs is 3. The van der Waals surface area contributed by atoms with Gasteiger partial charge in [0.15, 0.2) is 0 Å². The van der Waals surface area contributed by atoms with Crippen LogP contribution in [0.15, 0.2) is 54.7 Å². The zero-order valence-corrected chi connectivity index (χ0v) is 18.9. The van der Waals surface area contributed by atoms with Crippen LogP contribution in [0.2, 0.25) is 0 Å². The van der Waals surface area contributed by atoms with E-state index < -0.39 is 0 Å². The second-order valence-corrected chi connectivity index (χ2v) is 8.57. The van der Waals surface area contributed by atoms with Crippen molar-refractivity contribution in [3.05, 3.63) is 60.3 Å². The molecular weight excluding hydrogens is 382 g/mol. The molecule has 0 spiro atoms. The van der Waals surface area contributed by atoms with E-state index in [1.54, 1.807) is 0 Å². The number of ether oxygens (including phenoxy) is 1. The molecule has 0 bridgehead atoms. The van der Waals surface area contributed by atoms with Crippen molar-refractivity contribution in [3.8, 4) is 16.9 Å². The molecule has 0 fully saturated rings. The highest BCUT2D eigenvalue weighted by molar-refractivity contribution is 6.08. The van der Waals surface area contributed by atoms with E-state index in [-0.39, 0.29) is 0 Å². The van der Waals surface area contributed by atoms with Crippen LogP contribution in [-0.2, 0) is 6.42 Å². The van der Waals surface area contributed by atoms with Gasteiger partial charge in [0, 0.05) is 29.0 Å². The molecule has 4 heteroatoms. The van der Waals surface area contributed by atoms with Crippen molar-refractivity contribution in [2.45, 2.75) is 39.0 Å². The van der Waals surface area contributed by atoms with Gasteiger partial charge in [-0.25, -0.2) is 4.98 Å². The Kier molecular flexibility index (Phi) is 6.88. The zero-order valence-electron chi connectivity index (χ0n) is 18.9. The maximum absolute atomic E-state index is 5.89. The van der Waals surface area contributed by atoms with Crippen molar-refractivity contribution in [1.29, 1.82) is 0 Å². The van der Waals surface area contributed by atoms with Crippen molar-refractivity contribution >= 4 is 21.9 Å². The minimum Gasteiger partial charge on any atom is -0.494 e. The second-order valence-electron chi connectivity index (χ2n) is 8.57. The fraction of sp³-hybridized carbons (Fsp3) is 0.370. The lowest BCUT2D eigenvalue weighted by Crippen LogP contribution is -2.15. The number of aromatic amines is 1. The first-order valence-electron chi connectivity index (χ1n) is 11.4. The minimum absolute atomic E-state index is 0.743. The molecule has 0 unspecified atom stereocenters. The number of aryl methyl sites for hydroxylation is 1. The van der Waals surface area contributed by atoms with E-state index in [9.17, 15) is 0 Å². The number of nitrogens with one attached hydrogen (secondary N) is 1. The van der Waals surface area contributed by atoms with Gasteiger partial charge in [0.2, 0.25) is 0 Å². The van der Waals surface area contributed by atoms with Crippen LogP contribution in [0.5, 0.6) is 5.75 Å². The van der Waals surface area contributed by atoms with Crippen LogP contribution in [0.4, 0.5) is 0 Å². The molecule has 0 aliphatic rings. The Hall–Kier alpha value is -2.85. The van der Waals surface area contributed by atoms with Gasteiger partial charge in [-0.1, -0.05) is 38.0 Å². The Morgan fingerprint density at radius 1 is 0.935 bits per heavy atom. The van der Waals surface area contributed by atoms with Crippen molar-refractivity contribution in [3.63, 3.8) is 0 Å². The Bertz CT molecular complexity index is 1130. The Balaban J connectivity index is 1.57. The minimum atomic E-state index is 0.743. The summed E-state index contributed by atoms with van der Waals surface area (Å²) in [4.78, 5) is 10.3. The average molecular weight is 416 g/mol. The zero-order chi connectivity index (χ0) is 21.6. The number of unbranched alkanes of at least 4 members (excludes halogenated alkanes) is 2. The van der Waals surface area contributed by atoms with Gasteiger partial charge < -0.3 is 14.6 Å². The first-order valence-corrected chi connectivity index (χ1v) is 11.4. The van der Waals surface area contributed by atoms with E-state index in [4.69, 9.17) is 4.74 Å². The molecule has 2 aromatic carbocycles. The van der Waals surface area contributed by atoms with E-state index in [1.165, 1.54) is 46.7 Å². The Morgan fingerprint density at radius 3 is 2.52 bits per heavy atom. The van der Waals surface area contributed by atoms with Crippen LogP contribution in [0.1, 0.15) is 38.2 Å². The summed E-state index contributed by atoms with van der Waals surface area (Å²) in [6.45, 7) is 4.03. The predicted molar refractivity (Wildman–Crippen MR) is 131 cm³/mol. The first-order chi connectivity index (χ1) is 15.2. The lowest BCUT2D eigenvalue weighted by Gasteiger charge is -2.11. The first kappa shape index (κ1) is 21.4. The van der Waals surface area contributed by atoms with Gasteiger partial charge in [-0.05, 0) is 80.4 Å². The summed E-state index contributed by atoms with van der Waals surface area (Å²) in [6, 6.07) is 17.3. The van der Waals surface area contributed by atoms with Crippen molar-refractivity contribution < 1.29 is 4.74 Å². The van der Waals surface area contributed by atoms with Gasteiger partial charge in [0.1, 0.15) is 11.4 Å². The van der Waals surface area contributed by atoms with Gasteiger partial charge in [-0.3, -0.25) is 0 Å². The highest BCUT2D eigenvalue weighted by Gasteiger charge is 2.11. The number of hydrogen-bond donors (Lipinski definition) is 1. The maximum Gasteiger partial charge on any atom is 0.138 e. The molecule has 2 heterocycles. The summed E-state index contributed by atoms with van der Waals surface area (Å²) in [6.07, 6.45) is 7.78. The number of benzene rings is 2. The van der Waals surface area contributed by atoms with Crippen LogP contribution in [0.3, 0.4) is 0 Å². The highest BCUT2D eigenvalue weighted by atomic mass is 16.5. The van der Waals surface area contributed by atoms with Gasteiger partial charge in [0.05, 0.1) is 6.61 Å². The summed E-state index contributed by atoms with van der Waals surface area (Å²) in [5, 5.41) is 2.53. The lowest BCUT2D eigenvalue weighted by atomic mass is 9.99. The average Bonchev–Trinajstić information content (AvgIpc) is 3.16. The van der Waals surface area contributed by atoms with E-state index in [0.717, 1.165) is 42.9 Å². The summed E-state index contributed by atoms with van der Waals surface area (Å²) in [5.41, 5.74) is 5.95. The molecule has 0 atom stereocenters. The molecule has 4 rings (SSSR count). The fourth-order valence-corrected chi connectivity index (χ4v) is 4.15. The SMILES string of the molecule is CCCCCc1ccnc2[nH]c3ccc(-c4ccc(OCCCN(C)C)cc4)cc3c12. The molecule has 0 radical (unpaired) electrons. The molecule has 0 aliphatic carbocycles. The van der Waals surface area contributed by atoms with Gasteiger partial charge in [-0.2, -0.15) is 0 Å². The summed E-state index contributed by atoms with van der Waals surface area (Å²) >= 11 is 0. The van der Waals surface area contributed by atoms with E-state index in [2.05, 4.69) is 84.4 Å². The van der Waals surface area contributed by atoms with Crippen LogP contribution in [-0.4, -0.2) is 42.1 Å². The second kappa shape index (κ2) is 9.97. The third kappa shape index (κ3) is 5.08. The molecule has 0 saturated carbocycles. The molecule has 2 aromatic heterocycles. The number of pyridine rings is 1. The largest absolute Gasteiger partial charge is 0.494 e. The smallest absolute Gasteiger partial charge is 0.138 e. The molecule has 162 valence electrons. The number of aromatic nitrogens is 2. The molecule has 0 saturated heterocycles. The number of nitrogens with zero attached hydrogens (tertiary/aromatic N) is 2. The Labute approximate surface area is 185 Å². The normalized spacial score (nSPS) is 11.6. The van der Waals surface area contributed by atoms with Crippen molar-refractivity contribution in [2.24, 2.45) is 0 Å². The Morgan fingerprint density at radius 2 is 1.74 bits per heavy atom. The van der Waals surface area contributed by atoms with Crippen molar-refractivity contribution in [1.82, 2.24) is 14.9 Å². The number of rotatable bonds is 10. The fourth-order valence-electron chi connectivity index (χ4n) is 4.15. The molecule has 0 aliphatic heterocycles. The molecule has 4 aromatic rings. The maximum atomic E-state index is 5.89. The summed E-state index contributed by atoms with van der Waals surface area (Å²) in [5.74, 6) is 0.929. The summed E-state index contributed by atoms with van der Waals surface area (Å²) in [7, 11) is 4.17. The predicted octanol–water partition coefficient (Wildman–Crippen LogP) is 6.45. The standard InChI is InChI=1S/C27H33N3O/c1-4-5-6-8-21-15-16-28-27-26(21)24-19-22(11-14-25(24)29-27)20-9-12-23(13-10-20)31-18-7-17-30(2)3/h9-16,19H,4-8,17-18H2,1-3H3,(H,28,29). The van der Waals surface area contributed by atoms with Gasteiger partial charge in [0.25, 0.3) is 0 Å². The van der Waals surface area contributed by atoms with Crippen LogP contribution in [0.25, 0.3) is 33.1 Å². The highest BCUT2D eigenvalue weighted by Crippen LogP contribution is 2.32. The number of H-pyrrole nitrogens is 1. The monoisotopic (exact) mass is 415 g/mol. The molecule has 0 amide bonds. The van der Waals surface area contributed by atoms with Gasteiger partial charge >= 0.3 is 0 Å².